The maximum Gasteiger partial charge on any atom is 0.425 e. The molecule has 3 N–H and O–H groups in total. The zero-order chi connectivity index (χ0) is 19.4. The molecular formula is C17H25N3O5. The molecular weight excluding hydrogens is 326 g/mol. The molecule has 2 amide bonds. The van der Waals surface area contributed by atoms with Gasteiger partial charge in [0.25, 0.3) is 0 Å². The van der Waals surface area contributed by atoms with E-state index in [1.54, 1.807) is 53.7 Å². The van der Waals surface area contributed by atoms with E-state index in [0.717, 1.165) is 0 Å². The minimum atomic E-state index is -1.02. The molecule has 0 unspecified atom stereocenters. The van der Waals surface area contributed by atoms with Crippen LogP contribution in [0.25, 0.3) is 0 Å². The highest BCUT2D eigenvalue weighted by molar-refractivity contribution is 6.15. The first kappa shape index (κ1) is 20.3. The number of imide groups is 1. The minimum Gasteiger partial charge on any atom is -0.443 e. The molecule has 0 spiro atoms. The Labute approximate surface area is 147 Å². The third kappa shape index (κ3) is 6.33. The fourth-order valence-electron chi connectivity index (χ4n) is 1.73. The minimum absolute atomic E-state index is 0.286. The van der Waals surface area contributed by atoms with Crippen LogP contribution in [0.3, 0.4) is 0 Å². The first-order valence-corrected chi connectivity index (χ1v) is 7.68. The van der Waals surface area contributed by atoms with Crippen LogP contribution in [-0.2, 0) is 9.47 Å². The predicted octanol–water partition coefficient (Wildman–Crippen LogP) is 3.58. The van der Waals surface area contributed by atoms with Crippen molar-refractivity contribution in [3.63, 3.8) is 0 Å². The Morgan fingerprint density at radius 3 is 1.68 bits per heavy atom. The first-order valence-electron chi connectivity index (χ1n) is 7.68. The van der Waals surface area contributed by atoms with Gasteiger partial charge in [-0.1, -0.05) is 5.16 Å². The van der Waals surface area contributed by atoms with Gasteiger partial charge in [-0.3, -0.25) is 0 Å². The van der Waals surface area contributed by atoms with Gasteiger partial charge in [0.05, 0.1) is 0 Å². The smallest absolute Gasteiger partial charge is 0.425 e. The molecule has 0 aliphatic carbocycles. The summed E-state index contributed by atoms with van der Waals surface area (Å²) in [4.78, 5) is 25.6. The van der Waals surface area contributed by atoms with Gasteiger partial charge in [0.15, 0.2) is 5.84 Å². The van der Waals surface area contributed by atoms with Crippen LogP contribution in [0.15, 0.2) is 29.4 Å². The molecule has 0 radical (unpaired) electrons. The van der Waals surface area contributed by atoms with Crippen LogP contribution in [0.1, 0.15) is 47.1 Å². The van der Waals surface area contributed by atoms with Gasteiger partial charge >= 0.3 is 12.2 Å². The second-order valence-corrected chi connectivity index (χ2v) is 7.34. The highest BCUT2D eigenvalue weighted by Crippen LogP contribution is 2.18. The van der Waals surface area contributed by atoms with Crippen molar-refractivity contribution in [3.8, 4) is 0 Å². The van der Waals surface area contributed by atoms with Crippen LogP contribution in [0.4, 0.5) is 15.3 Å². The van der Waals surface area contributed by atoms with Crippen molar-refractivity contribution in [3.05, 3.63) is 29.8 Å². The van der Waals surface area contributed by atoms with Gasteiger partial charge in [0.2, 0.25) is 0 Å². The summed E-state index contributed by atoms with van der Waals surface area (Å²) in [6.07, 6.45) is -2.04. The summed E-state index contributed by atoms with van der Waals surface area (Å²) in [5.74, 6) is -0.330. The van der Waals surface area contributed by atoms with Crippen LogP contribution >= 0.6 is 0 Å². The number of rotatable bonds is 1. The summed E-state index contributed by atoms with van der Waals surface area (Å²) < 4.78 is 10.5. The number of carbonyl (C=O) groups is 2. The number of carbonyl (C=O) groups excluding carboxylic acids is 2. The Kier molecular flexibility index (Phi) is 6.01. The Bertz CT molecular complexity index is 626. The second-order valence-electron chi connectivity index (χ2n) is 7.34. The van der Waals surface area contributed by atoms with Crippen molar-refractivity contribution in [1.29, 1.82) is 0 Å². The first-order chi connectivity index (χ1) is 11.3. The van der Waals surface area contributed by atoms with Gasteiger partial charge in [0.1, 0.15) is 11.2 Å². The Morgan fingerprint density at radius 2 is 1.36 bits per heavy atom. The number of nitrogens with two attached hydrogens (primary N) is 1. The van der Waals surface area contributed by atoms with E-state index in [2.05, 4.69) is 5.16 Å². The lowest BCUT2D eigenvalue weighted by Crippen LogP contribution is -2.47. The van der Waals surface area contributed by atoms with Crippen molar-refractivity contribution >= 4 is 23.7 Å². The molecule has 8 nitrogen and oxygen atoms in total. The summed E-state index contributed by atoms with van der Waals surface area (Å²) in [5.41, 5.74) is 4.67. The van der Waals surface area contributed by atoms with Crippen molar-refractivity contribution in [2.24, 2.45) is 5.16 Å². The van der Waals surface area contributed by atoms with Crippen molar-refractivity contribution in [2.45, 2.75) is 52.7 Å². The number of nitrogen functional groups attached to an aromatic ring is 1. The molecule has 8 heteroatoms. The van der Waals surface area contributed by atoms with E-state index in [0.29, 0.717) is 10.6 Å². The lowest BCUT2D eigenvalue weighted by Gasteiger charge is -2.28. The zero-order valence-electron chi connectivity index (χ0n) is 15.4. The summed E-state index contributed by atoms with van der Waals surface area (Å²) in [6, 6.07) is 6.10. The molecule has 0 aliphatic rings. The second kappa shape index (κ2) is 7.42. The molecule has 0 aliphatic heterocycles. The fourth-order valence-corrected chi connectivity index (χ4v) is 1.73. The van der Waals surface area contributed by atoms with E-state index in [4.69, 9.17) is 15.2 Å². The molecule has 0 saturated carbocycles. The standard InChI is InChI=1S/C17H25N3O5/c1-16(2,3)24-14(21)20(15(22)25-17(4,5)6)13(19-23)11-7-9-12(18)10-8-11/h7-10,23H,18H2,1-6H3. The Hall–Kier alpha value is -2.77. The van der Waals surface area contributed by atoms with Gasteiger partial charge in [-0.2, -0.15) is 4.90 Å². The summed E-state index contributed by atoms with van der Waals surface area (Å²) in [6.45, 7) is 9.90. The molecule has 0 saturated heterocycles. The van der Waals surface area contributed by atoms with Crippen LogP contribution in [-0.4, -0.2) is 39.3 Å². The van der Waals surface area contributed by atoms with Gasteiger partial charge < -0.3 is 20.4 Å². The van der Waals surface area contributed by atoms with Gasteiger partial charge in [0, 0.05) is 11.3 Å². The lowest BCUT2D eigenvalue weighted by molar-refractivity contribution is 0.0142. The van der Waals surface area contributed by atoms with Gasteiger partial charge in [-0.15, -0.1) is 0 Å². The predicted molar refractivity (Wildman–Crippen MR) is 93.5 cm³/mol. The number of ether oxygens (including phenoxy) is 2. The van der Waals surface area contributed by atoms with Gasteiger partial charge in [-0.25, -0.2) is 9.59 Å². The van der Waals surface area contributed by atoms with Crippen molar-refractivity contribution in [2.75, 3.05) is 5.73 Å². The number of amidine groups is 1. The Balaban J connectivity index is 3.30. The number of amides is 2. The number of hydrogen-bond donors (Lipinski definition) is 2. The molecule has 0 fully saturated rings. The van der Waals surface area contributed by atoms with Crippen LogP contribution in [0.5, 0.6) is 0 Å². The maximum atomic E-state index is 12.5. The molecule has 0 atom stereocenters. The normalized spacial score (nSPS) is 12.5. The number of nitrogens with zero attached hydrogens (tertiary/aromatic N) is 2. The monoisotopic (exact) mass is 351 g/mol. The largest absolute Gasteiger partial charge is 0.443 e. The summed E-state index contributed by atoms with van der Waals surface area (Å²) >= 11 is 0. The highest BCUT2D eigenvalue weighted by atomic mass is 16.6. The maximum absolute atomic E-state index is 12.5. The average Bonchev–Trinajstić information content (AvgIpc) is 2.41. The van der Waals surface area contributed by atoms with E-state index in [1.165, 1.54) is 12.1 Å². The molecule has 25 heavy (non-hydrogen) atoms. The molecule has 1 rings (SSSR count). The quantitative estimate of drug-likeness (QED) is 0.263. The van der Waals surface area contributed by atoms with E-state index in [-0.39, 0.29) is 11.4 Å². The van der Waals surface area contributed by atoms with Gasteiger partial charge in [-0.05, 0) is 65.8 Å². The average molecular weight is 351 g/mol. The molecule has 1 aromatic carbocycles. The van der Waals surface area contributed by atoms with Crippen molar-refractivity contribution < 1.29 is 24.3 Å². The fraction of sp³-hybridized carbons (Fsp3) is 0.471. The van der Waals surface area contributed by atoms with Crippen molar-refractivity contribution in [1.82, 2.24) is 4.90 Å². The topological polar surface area (TPSA) is 114 Å². The molecule has 0 bridgehead atoms. The number of benzene rings is 1. The number of hydrogen-bond acceptors (Lipinski definition) is 7. The zero-order valence-corrected chi connectivity index (χ0v) is 15.4. The van der Waals surface area contributed by atoms with E-state index in [9.17, 15) is 14.8 Å². The summed E-state index contributed by atoms with van der Waals surface area (Å²) in [7, 11) is 0. The lowest BCUT2D eigenvalue weighted by atomic mass is 10.1. The van der Waals surface area contributed by atoms with Crippen LogP contribution < -0.4 is 5.73 Å². The molecule has 0 aromatic heterocycles. The van der Waals surface area contributed by atoms with E-state index < -0.39 is 23.4 Å². The molecule has 138 valence electrons. The third-order valence-corrected chi connectivity index (χ3v) is 2.63. The summed E-state index contributed by atoms with van der Waals surface area (Å²) in [5, 5.41) is 12.5. The third-order valence-electron chi connectivity index (χ3n) is 2.63. The SMILES string of the molecule is CC(C)(C)OC(=O)N(C(=O)OC(C)(C)C)C(=NO)c1ccc(N)cc1. The molecule has 1 aromatic rings. The highest BCUT2D eigenvalue weighted by Gasteiger charge is 2.36. The Morgan fingerprint density at radius 1 is 0.960 bits per heavy atom. The molecule has 0 heterocycles. The number of oxime groups is 1. The van der Waals surface area contributed by atoms with E-state index >= 15 is 0 Å². The van der Waals surface area contributed by atoms with Crippen LogP contribution in [0, 0.1) is 0 Å². The van der Waals surface area contributed by atoms with Crippen LogP contribution in [0.2, 0.25) is 0 Å². The van der Waals surface area contributed by atoms with E-state index in [1.807, 2.05) is 0 Å². The number of anilines is 1.